The minimum Gasteiger partial charge on any atom is -0.483 e. The molecule has 5 heteroatoms. The molecule has 2 aromatic carbocycles. The number of hydrogen-bond acceptors (Lipinski definition) is 3. The Kier molecular flexibility index (Phi) is 7.02. The van der Waals surface area contributed by atoms with Gasteiger partial charge in [-0.2, -0.15) is 5.10 Å². The van der Waals surface area contributed by atoms with Gasteiger partial charge in [-0.25, -0.2) is 5.43 Å². The number of para-hydroxylation sites is 1. The predicted octanol–water partition coefficient (Wildman–Crippen LogP) is 4.77. The molecule has 0 saturated carbocycles. The van der Waals surface area contributed by atoms with Gasteiger partial charge in [0.05, 0.1) is 5.71 Å². The second-order valence-corrected chi connectivity index (χ2v) is 6.31. The first-order valence-electron chi connectivity index (χ1n) is 8.32. The first kappa shape index (κ1) is 19.0. The quantitative estimate of drug-likeness (QED) is 0.572. The summed E-state index contributed by atoms with van der Waals surface area (Å²) < 4.78 is 5.68. The molecule has 1 amide bonds. The highest BCUT2D eigenvalue weighted by Gasteiger charge is 2.11. The fraction of sp³-hybridized carbons (Fsp3) is 0.300. The van der Waals surface area contributed by atoms with Crippen molar-refractivity contribution in [3.63, 3.8) is 0 Å². The minimum atomic E-state index is -0.299. The lowest BCUT2D eigenvalue weighted by atomic mass is 9.98. The molecule has 4 nitrogen and oxygen atoms in total. The number of carbonyl (C=O) groups excluding carboxylic acids is 1. The number of nitrogens with one attached hydrogen (secondary N) is 1. The Morgan fingerprint density at radius 1 is 1.20 bits per heavy atom. The van der Waals surface area contributed by atoms with E-state index in [1.807, 2.05) is 43.3 Å². The van der Waals surface area contributed by atoms with Gasteiger partial charge in [0.2, 0.25) is 0 Å². The Labute approximate surface area is 153 Å². The van der Waals surface area contributed by atoms with Gasteiger partial charge in [-0.05, 0) is 48.6 Å². The van der Waals surface area contributed by atoms with Crippen LogP contribution in [0.1, 0.15) is 44.2 Å². The molecule has 0 aromatic heterocycles. The number of hydrazone groups is 1. The largest absolute Gasteiger partial charge is 0.483 e. The van der Waals surface area contributed by atoms with Crippen molar-refractivity contribution in [2.24, 2.45) is 5.10 Å². The number of benzene rings is 2. The standard InChI is InChI=1S/C20H23ClN2O2/c1-4-14(2)18-7-5-6-8-19(18)25-13-20(24)23-22-15(3)16-9-11-17(21)12-10-16/h5-12,14H,4,13H2,1-3H3,(H,23,24). The van der Waals surface area contributed by atoms with E-state index in [9.17, 15) is 4.79 Å². The normalized spacial score (nSPS) is 12.6. The molecule has 0 spiro atoms. The van der Waals surface area contributed by atoms with Crippen molar-refractivity contribution in [2.75, 3.05) is 6.61 Å². The summed E-state index contributed by atoms with van der Waals surface area (Å²) in [5, 5.41) is 4.77. The maximum atomic E-state index is 12.0. The second kappa shape index (κ2) is 9.23. The Morgan fingerprint density at radius 2 is 1.88 bits per heavy atom. The SMILES string of the molecule is CCC(C)c1ccccc1OCC(=O)NN=C(C)c1ccc(Cl)cc1. The Hall–Kier alpha value is -2.33. The molecular formula is C20H23ClN2O2. The van der Waals surface area contributed by atoms with Gasteiger partial charge in [0, 0.05) is 5.02 Å². The molecule has 2 rings (SSSR count). The van der Waals surface area contributed by atoms with E-state index in [0.29, 0.717) is 16.7 Å². The molecule has 132 valence electrons. The molecule has 0 bridgehead atoms. The van der Waals surface area contributed by atoms with Crippen LogP contribution in [0.4, 0.5) is 0 Å². The predicted molar refractivity (Wildman–Crippen MR) is 102 cm³/mol. The van der Waals surface area contributed by atoms with Gasteiger partial charge >= 0.3 is 0 Å². The summed E-state index contributed by atoms with van der Waals surface area (Å²) in [5.41, 5.74) is 5.22. The molecule has 0 aliphatic heterocycles. The zero-order valence-corrected chi connectivity index (χ0v) is 15.5. The van der Waals surface area contributed by atoms with Crippen molar-refractivity contribution in [3.05, 3.63) is 64.7 Å². The van der Waals surface area contributed by atoms with E-state index in [4.69, 9.17) is 16.3 Å². The average molecular weight is 359 g/mol. The van der Waals surface area contributed by atoms with Crippen molar-refractivity contribution in [1.82, 2.24) is 5.43 Å². The van der Waals surface area contributed by atoms with Gasteiger partial charge in [0.25, 0.3) is 5.91 Å². The highest BCUT2D eigenvalue weighted by atomic mass is 35.5. The van der Waals surface area contributed by atoms with Crippen molar-refractivity contribution in [3.8, 4) is 5.75 Å². The fourth-order valence-electron chi connectivity index (χ4n) is 2.32. The van der Waals surface area contributed by atoms with Crippen LogP contribution in [0.5, 0.6) is 5.75 Å². The summed E-state index contributed by atoms with van der Waals surface area (Å²) in [5.74, 6) is 0.821. The number of carbonyl (C=O) groups is 1. The maximum Gasteiger partial charge on any atom is 0.277 e. The van der Waals surface area contributed by atoms with Crippen LogP contribution in [0.2, 0.25) is 5.02 Å². The Bertz CT molecular complexity index is 742. The van der Waals surface area contributed by atoms with Gasteiger partial charge < -0.3 is 4.74 Å². The van der Waals surface area contributed by atoms with Crippen molar-refractivity contribution in [2.45, 2.75) is 33.1 Å². The third kappa shape index (κ3) is 5.61. The molecule has 0 fully saturated rings. The average Bonchev–Trinajstić information content (AvgIpc) is 2.64. The lowest BCUT2D eigenvalue weighted by Crippen LogP contribution is -2.25. The molecular weight excluding hydrogens is 336 g/mol. The lowest BCUT2D eigenvalue weighted by Gasteiger charge is -2.15. The van der Waals surface area contributed by atoms with E-state index in [-0.39, 0.29) is 12.5 Å². The van der Waals surface area contributed by atoms with Gasteiger partial charge in [-0.15, -0.1) is 0 Å². The highest BCUT2D eigenvalue weighted by Crippen LogP contribution is 2.28. The Balaban J connectivity index is 1.93. The van der Waals surface area contributed by atoms with Crippen molar-refractivity contribution < 1.29 is 9.53 Å². The topological polar surface area (TPSA) is 50.7 Å². The summed E-state index contributed by atoms with van der Waals surface area (Å²) >= 11 is 5.86. The van der Waals surface area contributed by atoms with Crippen LogP contribution >= 0.6 is 11.6 Å². The second-order valence-electron chi connectivity index (χ2n) is 5.87. The molecule has 2 aromatic rings. The fourth-order valence-corrected chi connectivity index (χ4v) is 2.44. The lowest BCUT2D eigenvalue weighted by molar-refractivity contribution is -0.123. The van der Waals surface area contributed by atoms with E-state index >= 15 is 0 Å². The minimum absolute atomic E-state index is 0.0785. The first-order valence-corrected chi connectivity index (χ1v) is 8.69. The van der Waals surface area contributed by atoms with Crippen LogP contribution in [0.3, 0.4) is 0 Å². The Morgan fingerprint density at radius 3 is 2.56 bits per heavy atom. The first-order chi connectivity index (χ1) is 12.0. The highest BCUT2D eigenvalue weighted by molar-refractivity contribution is 6.30. The van der Waals surface area contributed by atoms with Crippen LogP contribution in [-0.4, -0.2) is 18.2 Å². The molecule has 0 radical (unpaired) electrons. The number of ether oxygens (including phenoxy) is 1. The van der Waals surface area contributed by atoms with Crippen molar-refractivity contribution >= 4 is 23.2 Å². The van der Waals surface area contributed by atoms with Gasteiger partial charge in [-0.1, -0.05) is 55.8 Å². The molecule has 1 atom stereocenters. The molecule has 0 saturated heterocycles. The number of rotatable bonds is 7. The molecule has 1 N–H and O–H groups in total. The molecule has 0 aliphatic rings. The van der Waals surface area contributed by atoms with Gasteiger partial charge in [-0.3, -0.25) is 4.79 Å². The zero-order valence-electron chi connectivity index (χ0n) is 14.8. The molecule has 1 unspecified atom stereocenters. The number of hydrogen-bond donors (Lipinski definition) is 1. The molecule has 0 heterocycles. The van der Waals surface area contributed by atoms with Gasteiger partial charge in [0.1, 0.15) is 5.75 Å². The summed E-state index contributed by atoms with van der Waals surface area (Å²) in [4.78, 5) is 12.0. The molecule has 0 aliphatic carbocycles. The summed E-state index contributed by atoms with van der Waals surface area (Å²) in [6, 6.07) is 15.1. The van der Waals surface area contributed by atoms with E-state index in [0.717, 1.165) is 23.3 Å². The van der Waals surface area contributed by atoms with Crippen LogP contribution in [-0.2, 0) is 4.79 Å². The number of amides is 1. The number of halogens is 1. The van der Waals surface area contributed by atoms with E-state index in [2.05, 4.69) is 24.4 Å². The van der Waals surface area contributed by atoms with Crippen molar-refractivity contribution in [1.29, 1.82) is 0 Å². The number of nitrogens with zero attached hydrogens (tertiary/aromatic N) is 1. The third-order valence-electron chi connectivity index (χ3n) is 4.03. The maximum absolute atomic E-state index is 12.0. The van der Waals surface area contributed by atoms with E-state index in [1.54, 1.807) is 12.1 Å². The van der Waals surface area contributed by atoms with E-state index < -0.39 is 0 Å². The zero-order chi connectivity index (χ0) is 18.2. The summed E-state index contributed by atoms with van der Waals surface area (Å²) in [6.07, 6.45) is 1.01. The van der Waals surface area contributed by atoms with Crippen LogP contribution in [0.25, 0.3) is 0 Å². The van der Waals surface area contributed by atoms with Crippen LogP contribution in [0.15, 0.2) is 53.6 Å². The summed E-state index contributed by atoms with van der Waals surface area (Å²) in [7, 11) is 0. The van der Waals surface area contributed by atoms with Crippen LogP contribution in [0, 0.1) is 0 Å². The monoisotopic (exact) mass is 358 g/mol. The van der Waals surface area contributed by atoms with Gasteiger partial charge in [0.15, 0.2) is 6.61 Å². The molecule has 25 heavy (non-hydrogen) atoms. The third-order valence-corrected chi connectivity index (χ3v) is 4.28. The summed E-state index contributed by atoms with van der Waals surface area (Å²) in [6.45, 7) is 6.01. The van der Waals surface area contributed by atoms with Crippen LogP contribution < -0.4 is 10.2 Å². The smallest absolute Gasteiger partial charge is 0.277 e. The van der Waals surface area contributed by atoms with E-state index in [1.165, 1.54) is 0 Å².